The van der Waals surface area contributed by atoms with Crippen molar-refractivity contribution in [3.8, 4) is 0 Å². The van der Waals surface area contributed by atoms with Crippen molar-refractivity contribution >= 4 is 5.91 Å². The van der Waals surface area contributed by atoms with Crippen LogP contribution in [0.2, 0.25) is 0 Å². The molecule has 2 atom stereocenters. The number of carbonyl (C=O) groups is 1. The van der Waals surface area contributed by atoms with Crippen LogP contribution in [0.5, 0.6) is 0 Å². The molecular weight excluding hydrogens is 238 g/mol. The lowest BCUT2D eigenvalue weighted by Gasteiger charge is -2.12. The molecule has 4 heteroatoms. The van der Waals surface area contributed by atoms with E-state index < -0.39 is 0 Å². The molecule has 1 aromatic rings. The van der Waals surface area contributed by atoms with Crippen molar-refractivity contribution in [2.75, 3.05) is 0 Å². The number of hydrogen-bond acceptors (Lipinski definition) is 3. The van der Waals surface area contributed by atoms with E-state index in [1.54, 1.807) is 0 Å². The lowest BCUT2D eigenvalue weighted by Crippen LogP contribution is -2.44. The molecule has 0 saturated carbocycles. The zero-order valence-corrected chi connectivity index (χ0v) is 11.9. The number of benzene rings is 1. The average Bonchev–Trinajstić information content (AvgIpc) is 2.73. The van der Waals surface area contributed by atoms with E-state index in [-0.39, 0.29) is 12.1 Å². The fourth-order valence-electron chi connectivity index (χ4n) is 2.45. The predicted molar refractivity (Wildman–Crippen MR) is 76.5 cm³/mol. The maximum Gasteiger partial charge on any atom is 0.221 e. The second-order valence-corrected chi connectivity index (χ2v) is 5.48. The molecule has 1 amide bonds. The molecule has 19 heavy (non-hydrogen) atoms. The molecule has 2 unspecified atom stereocenters. The van der Waals surface area contributed by atoms with Crippen LogP contribution in [0.15, 0.2) is 18.2 Å². The third-order valence-electron chi connectivity index (χ3n) is 3.55. The third kappa shape index (κ3) is 4.04. The minimum atomic E-state index is 0.0571. The first-order chi connectivity index (χ1) is 9.04. The van der Waals surface area contributed by atoms with Gasteiger partial charge in [-0.3, -0.25) is 10.2 Å². The van der Waals surface area contributed by atoms with E-state index in [1.807, 2.05) is 0 Å². The van der Waals surface area contributed by atoms with E-state index >= 15 is 0 Å². The molecule has 4 nitrogen and oxygen atoms in total. The largest absolute Gasteiger partial charge is 0.339 e. The van der Waals surface area contributed by atoms with Gasteiger partial charge in [-0.1, -0.05) is 23.8 Å². The van der Waals surface area contributed by atoms with Gasteiger partial charge in [-0.2, -0.15) is 0 Å². The van der Waals surface area contributed by atoms with Crippen molar-refractivity contribution in [3.05, 3.63) is 34.9 Å². The fraction of sp³-hybridized carbons (Fsp3) is 0.533. The Hall–Kier alpha value is -1.39. The molecule has 1 heterocycles. The third-order valence-corrected chi connectivity index (χ3v) is 3.55. The van der Waals surface area contributed by atoms with Gasteiger partial charge in [0.1, 0.15) is 0 Å². The monoisotopic (exact) mass is 261 g/mol. The van der Waals surface area contributed by atoms with E-state index in [2.05, 4.69) is 55.1 Å². The molecule has 104 valence electrons. The molecule has 1 aliphatic rings. The minimum absolute atomic E-state index is 0.0571. The van der Waals surface area contributed by atoms with Gasteiger partial charge in [-0.15, -0.1) is 0 Å². The molecule has 1 aromatic carbocycles. The molecule has 2 rings (SSSR count). The maximum absolute atomic E-state index is 11.9. The van der Waals surface area contributed by atoms with E-state index in [1.165, 1.54) is 16.7 Å². The number of aryl methyl sites for hydroxylation is 3. The van der Waals surface area contributed by atoms with Crippen LogP contribution in [0.3, 0.4) is 0 Å². The van der Waals surface area contributed by atoms with E-state index in [9.17, 15) is 4.79 Å². The highest BCUT2D eigenvalue weighted by molar-refractivity contribution is 5.76. The first kappa shape index (κ1) is 14.0. The SMILES string of the molecule is Cc1ccc(CCC(=O)NC2CC(C)NN2)c(C)c1. The van der Waals surface area contributed by atoms with Gasteiger partial charge < -0.3 is 5.32 Å². The van der Waals surface area contributed by atoms with Gasteiger partial charge in [0.05, 0.1) is 6.17 Å². The highest BCUT2D eigenvalue weighted by Crippen LogP contribution is 2.12. The summed E-state index contributed by atoms with van der Waals surface area (Å²) in [5.74, 6) is 0.105. The van der Waals surface area contributed by atoms with Gasteiger partial charge in [0.25, 0.3) is 0 Å². The molecule has 1 aliphatic heterocycles. The smallest absolute Gasteiger partial charge is 0.221 e. The summed E-state index contributed by atoms with van der Waals surface area (Å²) in [6, 6.07) is 6.79. The summed E-state index contributed by atoms with van der Waals surface area (Å²) in [5.41, 5.74) is 9.96. The molecule has 1 saturated heterocycles. The van der Waals surface area contributed by atoms with Crippen LogP contribution in [-0.2, 0) is 11.2 Å². The Bertz CT molecular complexity index is 459. The predicted octanol–water partition coefficient (Wildman–Crippen LogP) is 1.56. The lowest BCUT2D eigenvalue weighted by atomic mass is 10.0. The van der Waals surface area contributed by atoms with Crippen molar-refractivity contribution in [3.63, 3.8) is 0 Å². The summed E-state index contributed by atoms with van der Waals surface area (Å²) in [4.78, 5) is 11.9. The highest BCUT2D eigenvalue weighted by atomic mass is 16.1. The Balaban J connectivity index is 1.80. The summed E-state index contributed by atoms with van der Waals surface area (Å²) in [6.07, 6.45) is 2.32. The molecule has 0 aromatic heterocycles. The van der Waals surface area contributed by atoms with Crippen LogP contribution >= 0.6 is 0 Å². The van der Waals surface area contributed by atoms with Gasteiger partial charge in [-0.25, -0.2) is 5.43 Å². The number of hydrazine groups is 1. The molecule has 0 radical (unpaired) electrons. The second kappa shape index (κ2) is 6.17. The van der Waals surface area contributed by atoms with Gasteiger partial charge in [0, 0.05) is 12.5 Å². The van der Waals surface area contributed by atoms with Crippen LogP contribution in [-0.4, -0.2) is 18.1 Å². The fourth-order valence-corrected chi connectivity index (χ4v) is 2.45. The Kier molecular flexibility index (Phi) is 4.56. The normalized spacial score (nSPS) is 22.5. The van der Waals surface area contributed by atoms with Crippen molar-refractivity contribution in [1.82, 2.24) is 16.2 Å². The first-order valence-electron chi connectivity index (χ1n) is 6.91. The van der Waals surface area contributed by atoms with Crippen LogP contribution in [0.1, 0.15) is 36.5 Å². The number of amides is 1. The first-order valence-corrected chi connectivity index (χ1v) is 6.91. The van der Waals surface area contributed by atoms with Gasteiger partial charge in [0.15, 0.2) is 0 Å². The maximum atomic E-state index is 11.9. The van der Waals surface area contributed by atoms with Crippen molar-refractivity contribution < 1.29 is 4.79 Å². The van der Waals surface area contributed by atoms with Gasteiger partial charge >= 0.3 is 0 Å². The highest BCUT2D eigenvalue weighted by Gasteiger charge is 2.21. The van der Waals surface area contributed by atoms with E-state index in [4.69, 9.17) is 0 Å². The minimum Gasteiger partial charge on any atom is -0.339 e. The number of rotatable bonds is 4. The van der Waals surface area contributed by atoms with Gasteiger partial charge in [0.2, 0.25) is 5.91 Å². The summed E-state index contributed by atoms with van der Waals surface area (Å²) in [5, 5.41) is 3.00. The van der Waals surface area contributed by atoms with Crippen molar-refractivity contribution in [1.29, 1.82) is 0 Å². The van der Waals surface area contributed by atoms with Crippen LogP contribution in [0.25, 0.3) is 0 Å². The van der Waals surface area contributed by atoms with E-state index in [0.29, 0.717) is 12.5 Å². The Labute approximate surface area is 114 Å². The summed E-state index contributed by atoms with van der Waals surface area (Å²) >= 11 is 0. The number of nitrogens with one attached hydrogen (secondary N) is 3. The Morgan fingerprint density at radius 2 is 2.16 bits per heavy atom. The Morgan fingerprint density at radius 3 is 2.79 bits per heavy atom. The van der Waals surface area contributed by atoms with Gasteiger partial charge in [-0.05, 0) is 44.7 Å². The summed E-state index contributed by atoms with van der Waals surface area (Å²) < 4.78 is 0. The molecule has 3 N–H and O–H groups in total. The Morgan fingerprint density at radius 1 is 1.37 bits per heavy atom. The molecule has 0 spiro atoms. The zero-order chi connectivity index (χ0) is 13.8. The summed E-state index contributed by atoms with van der Waals surface area (Å²) in [6.45, 7) is 6.28. The average molecular weight is 261 g/mol. The second-order valence-electron chi connectivity index (χ2n) is 5.48. The molecular formula is C15H23N3O. The molecule has 1 fully saturated rings. The van der Waals surface area contributed by atoms with Crippen molar-refractivity contribution in [2.45, 2.75) is 52.2 Å². The quantitative estimate of drug-likeness (QED) is 0.771. The standard InChI is InChI=1S/C15H23N3O/c1-10-4-5-13(11(2)8-10)6-7-15(19)16-14-9-12(3)17-18-14/h4-5,8,12,14,17-18H,6-7,9H2,1-3H3,(H,16,19). The van der Waals surface area contributed by atoms with Crippen LogP contribution < -0.4 is 16.2 Å². The number of hydrogen-bond donors (Lipinski definition) is 3. The number of carbonyl (C=O) groups excluding carboxylic acids is 1. The van der Waals surface area contributed by atoms with Crippen LogP contribution in [0, 0.1) is 13.8 Å². The molecule has 0 bridgehead atoms. The van der Waals surface area contributed by atoms with Crippen LogP contribution in [0.4, 0.5) is 0 Å². The topological polar surface area (TPSA) is 53.2 Å². The zero-order valence-electron chi connectivity index (χ0n) is 11.9. The lowest BCUT2D eigenvalue weighted by molar-refractivity contribution is -0.121. The summed E-state index contributed by atoms with van der Waals surface area (Å²) in [7, 11) is 0. The molecule has 0 aliphatic carbocycles. The van der Waals surface area contributed by atoms with E-state index in [0.717, 1.165) is 12.8 Å². The van der Waals surface area contributed by atoms with Crippen molar-refractivity contribution in [2.24, 2.45) is 0 Å².